The van der Waals surface area contributed by atoms with Gasteiger partial charge in [0, 0.05) is 18.0 Å². The number of carbonyl (C=O) groups is 1. The average molecular weight is 285 g/mol. The lowest BCUT2D eigenvalue weighted by molar-refractivity contribution is -0.176. The summed E-state index contributed by atoms with van der Waals surface area (Å²) >= 11 is 5.60. The molecule has 1 aliphatic rings. The normalized spacial score (nSPS) is 26.7. The van der Waals surface area contributed by atoms with Crippen LogP contribution in [0, 0.1) is 5.92 Å². The first-order valence-electron chi connectivity index (χ1n) is 6.13. The van der Waals surface area contributed by atoms with E-state index in [2.05, 4.69) is 9.97 Å². The van der Waals surface area contributed by atoms with Crippen molar-refractivity contribution in [3.63, 3.8) is 0 Å². The molecule has 0 aromatic carbocycles. The van der Waals surface area contributed by atoms with Crippen LogP contribution in [0.1, 0.15) is 39.2 Å². The average Bonchev–Trinajstić information content (AvgIpc) is 2.23. The Kier molecular flexibility index (Phi) is 3.53. The third kappa shape index (κ3) is 3.22. The molecular formula is C13H17ClN2O3. The summed E-state index contributed by atoms with van der Waals surface area (Å²) < 4.78 is 5.29. The van der Waals surface area contributed by atoms with E-state index in [0.717, 1.165) is 0 Å². The van der Waals surface area contributed by atoms with Gasteiger partial charge in [0.1, 0.15) is 5.60 Å². The summed E-state index contributed by atoms with van der Waals surface area (Å²) in [5.74, 6) is -0.549. The minimum absolute atomic E-state index is 0.135. The third-order valence-corrected chi connectivity index (χ3v) is 3.26. The number of hydrogen-bond donors (Lipinski definition) is 1. The molecule has 6 heteroatoms. The molecule has 1 fully saturated rings. The van der Waals surface area contributed by atoms with Crippen LogP contribution in [0.5, 0.6) is 0 Å². The number of nitrogens with zero attached hydrogens (tertiary/aromatic N) is 2. The second kappa shape index (κ2) is 4.72. The zero-order chi connectivity index (χ0) is 14.3. The van der Waals surface area contributed by atoms with Crippen LogP contribution in [0.4, 0.5) is 0 Å². The van der Waals surface area contributed by atoms with Crippen LogP contribution in [-0.2, 0) is 15.1 Å². The molecule has 0 aliphatic heterocycles. The Morgan fingerprint density at radius 2 is 1.95 bits per heavy atom. The molecule has 1 heterocycles. The van der Waals surface area contributed by atoms with E-state index in [1.807, 2.05) is 20.8 Å². The zero-order valence-corrected chi connectivity index (χ0v) is 11.9. The predicted molar refractivity (Wildman–Crippen MR) is 69.5 cm³/mol. The fourth-order valence-electron chi connectivity index (χ4n) is 2.10. The third-order valence-electron chi connectivity index (χ3n) is 3.07. The number of rotatable bonds is 2. The second-order valence-electron chi connectivity index (χ2n) is 5.91. The molecule has 19 heavy (non-hydrogen) atoms. The first-order chi connectivity index (χ1) is 8.70. The van der Waals surface area contributed by atoms with E-state index in [9.17, 15) is 9.90 Å². The molecule has 0 amide bonds. The van der Waals surface area contributed by atoms with Gasteiger partial charge in [-0.25, -0.2) is 9.97 Å². The van der Waals surface area contributed by atoms with E-state index in [1.165, 1.54) is 12.4 Å². The first-order valence-corrected chi connectivity index (χ1v) is 6.51. The van der Waals surface area contributed by atoms with Crippen molar-refractivity contribution in [3.8, 4) is 0 Å². The molecule has 1 aromatic rings. The van der Waals surface area contributed by atoms with Crippen molar-refractivity contribution in [3.05, 3.63) is 23.2 Å². The second-order valence-corrected chi connectivity index (χ2v) is 6.25. The molecule has 1 aromatic heterocycles. The van der Waals surface area contributed by atoms with Gasteiger partial charge in [0.2, 0.25) is 5.28 Å². The summed E-state index contributed by atoms with van der Waals surface area (Å²) in [6, 6.07) is 0. The summed E-state index contributed by atoms with van der Waals surface area (Å²) in [6.45, 7) is 5.47. The van der Waals surface area contributed by atoms with E-state index in [4.69, 9.17) is 16.3 Å². The first kappa shape index (κ1) is 14.2. The van der Waals surface area contributed by atoms with Crippen molar-refractivity contribution in [1.82, 2.24) is 9.97 Å². The van der Waals surface area contributed by atoms with Crippen LogP contribution in [0.25, 0.3) is 0 Å². The van der Waals surface area contributed by atoms with Gasteiger partial charge >= 0.3 is 5.97 Å². The summed E-state index contributed by atoms with van der Waals surface area (Å²) in [5.41, 5.74) is -0.975. The lowest BCUT2D eigenvalue weighted by atomic mass is 9.68. The lowest BCUT2D eigenvalue weighted by Crippen LogP contribution is -2.46. The number of hydrogen-bond acceptors (Lipinski definition) is 5. The summed E-state index contributed by atoms with van der Waals surface area (Å²) in [5, 5.41) is 10.5. The molecule has 0 atom stereocenters. The molecule has 1 aliphatic carbocycles. The van der Waals surface area contributed by atoms with Crippen LogP contribution >= 0.6 is 11.6 Å². The van der Waals surface area contributed by atoms with Gasteiger partial charge in [-0.1, -0.05) is 0 Å². The Hall–Kier alpha value is -1.20. The van der Waals surface area contributed by atoms with Gasteiger partial charge in [0.25, 0.3) is 0 Å². The number of ether oxygens (including phenoxy) is 1. The largest absolute Gasteiger partial charge is 0.460 e. The molecule has 1 saturated carbocycles. The van der Waals surface area contributed by atoms with Crippen molar-refractivity contribution in [2.45, 2.75) is 44.8 Å². The molecule has 5 nitrogen and oxygen atoms in total. The molecule has 0 spiro atoms. The van der Waals surface area contributed by atoms with Gasteiger partial charge in [0.15, 0.2) is 0 Å². The highest BCUT2D eigenvalue weighted by molar-refractivity contribution is 6.28. The molecule has 0 saturated heterocycles. The van der Waals surface area contributed by atoms with Gasteiger partial charge in [-0.05, 0) is 45.2 Å². The molecule has 104 valence electrons. The van der Waals surface area contributed by atoms with Crippen molar-refractivity contribution in [2.24, 2.45) is 5.92 Å². The van der Waals surface area contributed by atoms with Crippen molar-refractivity contribution < 1.29 is 14.6 Å². The zero-order valence-electron chi connectivity index (χ0n) is 11.2. The van der Waals surface area contributed by atoms with Crippen LogP contribution in [0.15, 0.2) is 12.4 Å². The summed E-state index contributed by atoms with van der Waals surface area (Å²) in [7, 11) is 0. The molecule has 2 rings (SSSR count). The van der Waals surface area contributed by atoms with E-state index >= 15 is 0 Å². The lowest BCUT2D eigenvalue weighted by Gasteiger charge is -2.42. The molecule has 0 unspecified atom stereocenters. The fourth-order valence-corrected chi connectivity index (χ4v) is 2.19. The molecule has 1 N–H and O–H groups in total. The standard InChI is InChI=1S/C13H17ClN2O3/c1-12(2,3)19-10(17)8-4-13(18,5-8)9-6-15-11(14)16-7-9/h6-8,18H,4-5H2,1-3H3. The van der Waals surface area contributed by atoms with E-state index in [-0.39, 0.29) is 17.2 Å². The minimum atomic E-state index is -1.05. The molecular weight excluding hydrogens is 268 g/mol. The van der Waals surface area contributed by atoms with Gasteiger partial charge < -0.3 is 9.84 Å². The van der Waals surface area contributed by atoms with E-state index < -0.39 is 11.2 Å². The maximum absolute atomic E-state index is 11.8. The monoisotopic (exact) mass is 284 g/mol. The fraction of sp³-hybridized carbons (Fsp3) is 0.615. The number of halogens is 1. The summed E-state index contributed by atoms with van der Waals surface area (Å²) in [6.07, 6.45) is 3.63. The number of carbonyl (C=O) groups excluding carboxylic acids is 1. The van der Waals surface area contributed by atoms with Crippen LogP contribution < -0.4 is 0 Å². The summed E-state index contributed by atoms with van der Waals surface area (Å²) in [4.78, 5) is 19.5. The van der Waals surface area contributed by atoms with Crippen LogP contribution in [-0.4, -0.2) is 26.6 Å². The van der Waals surface area contributed by atoms with Crippen LogP contribution in [0.2, 0.25) is 5.28 Å². The highest BCUT2D eigenvalue weighted by Crippen LogP contribution is 2.46. The Labute approximate surface area is 117 Å². The Balaban J connectivity index is 1.98. The maximum atomic E-state index is 11.8. The minimum Gasteiger partial charge on any atom is -0.460 e. The molecule has 0 radical (unpaired) electrons. The number of esters is 1. The Bertz CT molecular complexity index is 476. The Morgan fingerprint density at radius 1 is 1.42 bits per heavy atom. The van der Waals surface area contributed by atoms with E-state index in [0.29, 0.717) is 18.4 Å². The van der Waals surface area contributed by atoms with Crippen molar-refractivity contribution in [2.75, 3.05) is 0 Å². The van der Waals surface area contributed by atoms with Gasteiger partial charge in [-0.3, -0.25) is 4.79 Å². The smallest absolute Gasteiger partial charge is 0.309 e. The van der Waals surface area contributed by atoms with E-state index in [1.54, 1.807) is 0 Å². The highest BCUT2D eigenvalue weighted by atomic mass is 35.5. The Morgan fingerprint density at radius 3 is 2.42 bits per heavy atom. The SMILES string of the molecule is CC(C)(C)OC(=O)C1CC(O)(c2cnc(Cl)nc2)C1. The van der Waals surface area contributed by atoms with Gasteiger partial charge in [0.05, 0.1) is 11.5 Å². The number of aliphatic hydroxyl groups is 1. The van der Waals surface area contributed by atoms with Crippen LogP contribution in [0.3, 0.4) is 0 Å². The molecule has 0 bridgehead atoms. The number of aromatic nitrogens is 2. The van der Waals surface area contributed by atoms with Gasteiger partial charge in [-0.15, -0.1) is 0 Å². The predicted octanol–water partition coefficient (Wildman–Crippen LogP) is 2.07. The maximum Gasteiger partial charge on any atom is 0.309 e. The quantitative estimate of drug-likeness (QED) is 0.665. The van der Waals surface area contributed by atoms with Crippen molar-refractivity contribution in [1.29, 1.82) is 0 Å². The highest BCUT2D eigenvalue weighted by Gasteiger charge is 2.49. The van der Waals surface area contributed by atoms with Crippen molar-refractivity contribution >= 4 is 17.6 Å². The topological polar surface area (TPSA) is 72.3 Å². The van der Waals surface area contributed by atoms with Gasteiger partial charge in [-0.2, -0.15) is 0 Å².